The lowest BCUT2D eigenvalue weighted by atomic mass is 10.1. The van der Waals surface area contributed by atoms with Gasteiger partial charge >= 0.3 is 5.97 Å². The summed E-state index contributed by atoms with van der Waals surface area (Å²) < 4.78 is 10.2. The van der Waals surface area contributed by atoms with Crippen LogP contribution in [0.5, 0.6) is 5.75 Å². The van der Waals surface area contributed by atoms with E-state index in [0.29, 0.717) is 30.8 Å². The highest BCUT2D eigenvalue weighted by atomic mass is 16.5. The standard InChI is InChI=1S/C16H20O4/c1-4-14(16(18)19-3)9-10-20-15-7-5-13(6-8-15)11-12(2)17/h5-9H,4,10-11H2,1-3H3/b14-9-. The van der Waals surface area contributed by atoms with Crippen LogP contribution in [0.3, 0.4) is 0 Å². The molecule has 1 rings (SSSR count). The zero-order chi connectivity index (χ0) is 15.0. The van der Waals surface area contributed by atoms with Crippen LogP contribution in [0.4, 0.5) is 0 Å². The van der Waals surface area contributed by atoms with Crippen molar-refractivity contribution in [1.29, 1.82) is 0 Å². The van der Waals surface area contributed by atoms with Gasteiger partial charge in [-0.2, -0.15) is 0 Å². The molecule has 20 heavy (non-hydrogen) atoms. The molecule has 0 fully saturated rings. The molecule has 4 heteroatoms. The Morgan fingerprint density at radius 1 is 1.20 bits per heavy atom. The van der Waals surface area contributed by atoms with Gasteiger partial charge in [0.15, 0.2) is 0 Å². The molecular weight excluding hydrogens is 256 g/mol. The predicted octanol–water partition coefficient (Wildman–Crippen LogP) is 2.71. The van der Waals surface area contributed by atoms with E-state index in [4.69, 9.17) is 4.74 Å². The quantitative estimate of drug-likeness (QED) is 0.567. The Morgan fingerprint density at radius 3 is 2.35 bits per heavy atom. The molecule has 0 aliphatic carbocycles. The van der Waals surface area contributed by atoms with Crippen molar-refractivity contribution in [2.75, 3.05) is 13.7 Å². The molecule has 0 aliphatic rings. The van der Waals surface area contributed by atoms with E-state index < -0.39 is 0 Å². The molecule has 0 aromatic heterocycles. The summed E-state index contributed by atoms with van der Waals surface area (Å²) in [6.45, 7) is 3.76. The zero-order valence-corrected chi connectivity index (χ0v) is 12.1. The van der Waals surface area contributed by atoms with E-state index in [9.17, 15) is 9.59 Å². The van der Waals surface area contributed by atoms with Gasteiger partial charge in [0.1, 0.15) is 18.1 Å². The molecule has 1 aromatic carbocycles. The molecule has 0 heterocycles. The maximum absolute atomic E-state index is 11.4. The van der Waals surface area contributed by atoms with Gasteiger partial charge in [0.2, 0.25) is 0 Å². The first-order chi connectivity index (χ1) is 9.56. The Bertz CT molecular complexity index is 486. The number of rotatable bonds is 7. The molecule has 0 amide bonds. The van der Waals surface area contributed by atoms with Gasteiger partial charge in [-0.1, -0.05) is 19.1 Å². The van der Waals surface area contributed by atoms with Crippen LogP contribution in [0.2, 0.25) is 0 Å². The highest BCUT2D eigenvalue weighted by Gasteiger charge is 2.06. The third-order valence-electron chi connectivity index (χ3n) is 2.78. The van der Waals surface area contributed by atoms with E-state index in [1.54, 1.807) is 13.0 Å². The first-order valence-corrected chi connectivity index (χ1v) is 6.55. The van der Waals surface area contributed by atoms with E-state index in [2.05, 4.69) is 4.74 Å². The number of hydrogen-bond acceptors (Lipinski definition) is 4. The van der Waals surface area contributed by atoms with Crippen LogP contribution < -0.4 is 4.74 Å². The van der Waals surface area contributed by atoms with Crippen molar-refractivity contribution >= 4 is 11.8 Å². The largest absolute Gasteiger partial charge is 0.490 e. The highest BCUT2D eigenvalue weighted by Crippen LogP contribution is 2.13. The van der Waals surface area contributed by atoms with E-state index in [-0.39, 0.29) is 11.8 Å². The average Bonchev–Trinajstić information content (AvgIpc) is 2.44. The lowest BCUT2D eigenvalue weighted by molar-refractivity contribution is -0.136. The molecule has 0 atom stereocenters. The van der Waals surface area contributed by atoms with Gasteiger partial charge in [-0.3, -0.25) is 4.79 Å². The van der Waals surface area contributed by atoms with E-state index in [1.165, 1.54) is 7.11 Å². The van der Waals surface area contributed by atoms with Crippen LogP contribution in [0.1, 0.15) is 25.8 Å². The summed E-state index contributed by atoms with van der Waals surface area (Å²) in [5, 5.41) is 0. The molecule has 0 N–H and O–H groups in total. The minimum atomic E-state index is -0.326. The van der Waals surface area contributed by atoms with Crippen LogP contribution in [-0.4, -0.2) is 25.5 Å². The summed E-state index contributed by atoms with van der Waals surface area (Å²) in [6, 6.07) is 7.36. The van der Waals surface area contributed by atoms with E-state index in [1.807, 2.05) is 31.2 Å². The molecule has 0 unspecified atom stereocenters. The van der Waals surface area contributed by atoms with Crippen molar-refractivity contribution in [3.63, 3.8) is 0 Å². The first kappa shape index (κ1) is 16.0. The zero-order valence-electron chi connectivity index (χ0n) is 12.1. The molecule has 1 aromatic rings. The fourth-order valence-corrected chi connectivity index (χ4v) is 1.73. The number of ether oxygens (including phenoxy) is 2. The van der Waals surface area contributed by atoms with Crippen molar-refractivity contribution in [2.45, 2.75) is 26.7 Å². The summed E-state index contributed by atoms with van der Waals surface area (Å²) >= 11 is 0. The monoisotopic (exact) mass is 276 g/mol. The predicted molar refractivity (Wildman–Crippen MR) is 76.7 cm³/mol. The van der Waals surface area contributed by atoms with Crippen molar-refractivity contribution in [1.82, 2.24) is 0 Å². The third-order valence-corrected chi connectivity index (χ3v) is 2.78. The molecule has 0 bridgehead atoms. The molecule has 0 saturated heterocycles. The Balaban J connectivity index is 2.55. The molecular formula is C16H20O4. The summed E-state index contributed by atoms with van der Waals surface area (Å²) in [6.07, 6.45) is 2.76. The number of Topliss-reactive ketones (excluding diaryl/α,β-unsaturated/α-hetero) is 1. The number of hydrogen-bond donors (Lipinski definition) is 0. The number of esters is 1. The fraction of sp³-hybridized carbons (Fsp3) is 0.375. The molecule has 0 radical (unpaired) electrons. The number of carbonyl (C=O) groups is 2. The van der Waals surface area contributed by atoms with Crippen LogP contribution in [0.15, 0.2) is 35.9 Å². The second kappa shape index (κ2) is 8.15. The van der Waals surface area contributed by atoms with E-state index in [0.717, 1.165) is 5.56 Å². The second-order valence-electron chi connectivity index (χ2n) is 4.41. The normalized spacial score (nSPS) is 11.1. The molecule has 0 spiro atoms. The van der Waals surface area contributed by atoms with Gasteiger partial charge in [-0.25, -0.2) is 4.79 Å². The van der Waals surface area contributed by atoms with Crippen molar-refractivity contribution in [2.24, 2.45) is 0 Å². The minimum Gasteiger partial charge on any atom is -0.490 e. The summed E-state index contributed by atoms with van der Waals surface area (Å²) in [5.41, 5.74) is 1.56. The van der Waals surface area contributed by atoms with Crippen LogP contribution in [0.25, 0.3) is 0 Å². The average molecular weight is 276 g/mol. The number of methoxy groups -OCH3 is 1. The smallest absolute Gasteiger partial charge is 0.333 e. The highest BCUT2D eigenvalue weighted by molar-refractivity contribution is 5.88. The van der Waals surface area contributed by atoms with Crippen LogP contribution in [0, 0.1) is 0 Å². The Morgan fingerprint density at radius 2 is 1.85 bits per heavy atom. The van der Waals surface area contributed by atoms with Crippen LogP contribution >= 0.6 is 0 Å². The number of ketones is 1. The van der Waals surface area contributed by atoms with Gasteiger partial charge in [-0.05, 0) is 37.1 Å². The second-order valence-corrected chi connectivity index (χ2v) is 4.41. The summed E-state index contributed by atoms with van der Waals surface area (Å²) in [5.74, 6) is 0.508. The van der Waals surface area contributed by atoms with Gasteiger partial charge in [0.05, 0.1) is 7.11 Å². The third kappa shape index (κ3) is 5.26. The Hall–Kier alpha value is -2.10. The molecule has 0 saturated carbocycles. The Labute approximate surface area is 119 Å². The van der Waals surface area contributed by atoms with Crippen molar-refractivity contribution < 1.29 is 19.1 Å². The SMILES string of the molecule is CC/C(=C/COc1ccc(CC(C)=O)cc1)C(=O)OC. The number of carbonyl (C=O) groups excluding carboxylic acids is 2. The maximum atomic E-state index is 11.4. The Kier molecular flexibility index (Phi) is 6.50. The van der Waals surface area contributed by atoms with Gasteiger partial charge in [0, 0.05) is 12.0 Å². The van der Waals surface area contributed by atoms with Crippen molar-refractivity contribution in [3.05, 3.63) is 41.5 Å². The van der Waals surface area contributed by atoms with Gasteiger partial charge in [-0.15, -0.1) is 0 Å². The molecule has 0 aliphatic heterocycles. The fourth-order valence-electron chi connectivity index (χ4n) is 1.73. The minimum absolute atomic E-state index is 0.132. The number of benzene rings is 1. The summed E-state index contributed by atoms with van der Waals surface area (Å²) in [4.78, 5) is 22.3. The van der Waals surface area contributed by atoms with Gasteiger partial charge in [0.25, 0.3) is 0 Å². The van der Waals surface area contributed by atoms with Crippen molar-refractivity contribution in [3.8, 4) is 5.75 Å². The lowest BCUT2D eigenvalue weighted by Crippen LogP contribution is -2.06. The topological polar surface area (TPSA) is 52.6 Å². The molecule has 108 valence electrons. The van der Waals surface area contributed by atoms with Gasteiger partial charge < -0.3 is 9.47 Å². The summed E-state index contributed by atoms with van der Waals surface area (Å²) in [7, 11) is 1.36. The van der Waals surface area contributed by atoms with E-state index >= 15 is 0 Å². The lowest BCUT2D eigenvalue weighted by Gasteiger charge is -2.06. The maximum Gasteiger partial charge on any atom is 0.333 e. The first-order valence-electron chi connectivity index (χ1n) is 6.55. The molecule has 4 nitrogen and oxygen atoms in total. The van der Waals surface area contributed by atoms with Crippen LogP contribution in [-0.2, 0) is 20.7 Å².